The second kappa shape index (κ2) is 10.3. The third-order valence-electron chi connectivity index (χ3n) is 4.83. The maximum absolute atomic E-state index is 10.0. The van der Waals surface area contributed by atoms with Gasteiger partial charge in [-0.15, -0.1) is 24.0 Å². The number of aromatic hydroxyl groups is 1. The van der Waals surface area contributed by atoms with E-state index in [-0.39, 0.29) is 24.0 Å². The van der Waals surface area contributed by atoms with Crippen molar-refractivity contribution in [3.05, 3.63) is 53.9 Å². The van der Waals surface area contributed by atoms with Gasteiger partial charge >= 0.3 is 0 Å². The molecule has 1 aromatic carbocycles. The number of piperazine rings is 1. The van der Waals surface area contributed by atoms with Crippen molar-refractivity contribution in [2.24, 2.45) is 4.99 Å². The molecular weight excluding hydrogens is 453 g/mol. The first-order valence-electron chi connectivity index (χ1n) is 9.07. The summed E-state index contributed by atoms with van der Waals surface area (Å²) in [6.45, 7) is 6.42. The number of halogens is 1. The van der Waals surface area contributed by atoms with Gasteiger partial charge in [0.2, 0.25) is 0 Å². The molecule has 0 radical (unpaired) electrons. The highest BCUT2D eigenvalue weighted by molar-refractivity contribution is 14.0. The van der Waals surface area contributed by atoms with Crippen molar-refractivity contribution in [1.29, 1.82) is 0 Å². The molecule has 146 valence electrons. The van der Waals surface area contributed by atoms with E-state index in [0.717, 1.165) is 50.8 Å². The summed E-state index contributed by atoms with van der Waals surface area (Å²) >= 11 is 0. The molecule has 1 saturated heterocycles. The first kappa shape index (κ1) is 21.3. The van der Waals surface area contributed by atoms with Crippen LogP contribution in [0.15, 0.2) is 47.7 Å². The molecule has 2 aromatic rings. The van der Waals surface area contributed by atoms with Crippen LogP contribution in [0, 0.1) is 6.92 Å². The van der Waals surface area contributed by atoms with Crippen molar-refractivity contribution in [3.8, 4) is 5.75 Å². The van der Waals surface area contributed by atoms with E-state index in [1.807, 2.05) is 37.6 Å². The second-order valence-electron chi connectivity index (χ2n) is 6.49. The van der Waals surface area contributed by atoms with Gasteiger partial charge in [0.05, 0.1) is 5.69 Å². The average molecular weight is 481 g/mol. The van der Waals surface area contributed by atoms with E-state index in [4.69, 9.17) is 0 Å². The molecule has 0 atom stereocenters. The fourth-order valence-electron chi connectivity index (χ4n) is 3.31. The Hall–Kier alpha value is -2.03. The minimum Gasteiger partial charge on any atom is -0.506 e. The highest BCUT2D eigenvalue weighted by atomic mass is 127. The van der Waals surface area contributed by atoms with Crippen molar-refractivity contribution < 1.29 is 5.11 Å². The summed E-state index contributed by atoms with van der Waals surface area (Å²) in [6.07, 6.45) is 4.70. The van der Waals surface area contributed by atoms with Gasteiger partial charge in [-0.2, -0.15) is 0 Å². The Kier molecular flexibility index (Phi) is 8.15. The lowest BCUT2D eigenvalue weighted by molar-refractivity contribution is 0.370. The first-order valence-corrected chi connectivity index (χ1v) is 9.07. The standard InChI is InChI=1S/C20H27N5O.HI/c1-16-15-22-9-7-17(16)8-10-23-20(21-2)25-13-11-24(12-14-25)18-5-3-4-6-19(18)26;/h3-7,9,15,26H,8,10-14H2,1-2H3,(H,21,23);1H. The van der Waals surface area contributed by atoms with E-state index in [1.165, 1.54) is 11.1 Å². The van der Waals surface area contributed by atoms with Crippen LogP contribution in [-0.4, -0.2) is 60.7 Å². The number of rotatable bonds is 4. The Bertz CT molecular complexity index is 760. The molecule has 1 aliphatic rings. The van der Waals surface area contributed by atoms with Gasteiger partial charge in [-0.1, -0.05) is 12.1 Å². The summed E-state index contributed by atoms with van der Waals surface area (Å²) in [6, 6.07) is 9.59. The van der Waals surface area contributed by atoms with Gasteiger partial charge in [0.1, 0.15) is 5.75 Å². The maximum atomic E-state index is 10.0. The first-order chi connectivity index (χ1) is 12.7. The highest BCUT2D eigenvalue weighted by Gasteiger charge is 2.21. The SMILES string of the molecule is CN=C(NCCc1ccncc1C)N1CCN(c2ccccc2O)CC1.I. The van der Waals surface area contributed by atoms with E-state index in [1.54, 1.807) is 6.07 Å². The number of aliphatic imine (C=N–C) groups is 1. The number of hydrogen-bond acceptors (Lipinski definition) is 4. The zero-order valence-electron chi connectivity index (χ0n) is 15.9. The molecule has 3 rings (SSSR count). The van der Waals surface area contributed by atoms with Gasteiger partial charge in [-0.25, -0.2) is 0 Å². The molecule has 0 amide bonds. The van der Waals surface area contributed by atoms with Crippen LogP contribution >= 0.6 is 24.0 Å². The van der Waals surface area contributed by atoms with Crippen molar-refractivity contribution >= 4 is 35.6 Å². The summed E-state index contributed by atoms with van der Waals surface area (Å²) in [4.78, 5) is 13.1. The lowest BCUT2D eigenvalue weighted by Crippen LogP contribution is -2.52. The number of nitrogens with zero attached hydrogens (tertiary/aromatic N) is 4. The van der Waals surface area contributed by atoms with Crippen molar-refractivity contribution in [2.75, 3.05) is 44.7 Å². The number of hydrogen-bond donors (Lipinski definition) is 2. The molecule has 1 fully saturated rings. The van der Waals surface area contributed by atoms with Crippen LogP contribution in [0.4, 0.5) is 5.69 Å². The summed E-state index contributed by atoms with van der Waals surface area (Å²) < 4.78 is 0. The average Bonchev–Trinajstić information content (AvgIpc) is 2.67. The number of para-hydroxylation sites is 2. The van der Waals surface area contributed by atoms with E-state index >= 15 is 0 Å². The lowest BCUT2D eigenvalue weighted by atomic mass is 10.1. The van der Waals surface area contributed by atoms with Gasteiger partial charge in [-0.3, -0.25) is 9.98 Å². The summed E-state index contributed by atoms with van der Waals surface area (Å²) in [5.41, 5.74) is 3.44. The molecule has 27 heavy (non-hydrogen) atoms. The van der Waals surface area contributed by atoms with E-state index in [2.05, 4.69) is 38.1 Å². The molecule has 7 heteroatoms. The molecule has 0 bridgehead atoms. The van der Waals surface area contributed by atoms with Crippen LogP contribution in [0.1, 0.15) is 11.1 Å². The second-order valence-corrected chi connectivity index (χ2v) is 6.49. The van der Waals surface area contributed by atoms with E-state index < -0.39 is 0 Å². The van der Waals surface area contributed by atoms with Gasteiger partial charge in [0.15, 0.2) is 5.96 Å². The third-order valence-corrected chi connectivity index (χ3v) is 4.83. The molecule has 0 saturated carbocycles. The van der Waals surface area contributed by atoms with Crippen molar-refractivity contribution in [2.45, 2.75) is 13.3 Å². The smallest absolute Gasteiger partial charge is 0.193 e. The number of anilines is 1. The van der Waals surface area contributed by atoms with Crippen LogP contribution in [0.3, 0.4) is 0 Å². The summed E-state index contributed by atoms with van der Waals surface area (Å²) in [5.74, 6) is 1.28. The van der Waals surface area contributed by atoms with Crippen LogP contribution in [0.25, 0.3) is 0 Å². The van der Waals surface area contributed by atoms with E-state index in [0.29, 0.717) is 5.75 Å². The minimum atomic E-state index is 0. The predicted molar refractivity (Wildman–Crippen MR) is 121 cm³/mol. The Morgan fingerprint density at radius 3 is 2.59 bits per heavy atom. The summed E-state index contributed by atoms with van der Waals surface area (Å²) in [5, 5.41) is 13.5. The maximum Gasteiger partial charge on any atom is 0.193 e. The fraction of sp³-hybridized carbons (Fsp3) is 0.400. The molecule has 6 nitrogen and oxygen atoms in total. The predicted octanol–water partition coefficient (Wildman–Crippen LogP) is 2.65. The molecule has 0 aliphatic carbocycles. The number of pyridine rings is 1. The number of phenolic OH excluding ortho intramolecular Hbond substituents is 1. The zero-order valence-corrected chi connectivity index (χ0v) is 18.3. The van der Waals surface area contributed by atoms with Gasteiger partial charge in [0.25, 0.3) is 0 Å². The molecule has 0 unspecified atom stereocenters. The molecular formula is C20H28IN5O. The van der Waals surface area contributed by atoms with Crippen LogP contribution in [0.5, 0.6) is 5.75 Å². The zero-order chi connectivity index (χ0) is 18.4. The molecule has 2 heterocycles. The lowest BCUT2D eigenvalue weighted by Gasteiger charge is -2.37. The van der Waals surface area contributed by atoms with Crippen LogP contribution in [-0.2, 0) is 6.42 Å². The number of benzene rings is 1. The Morgan fingerprint density at radius 1 is 1.19 bits per heavy atom. The van der Waals surface area contributed by atoms with Gasteiger partial charge in [-0.05, 0) is 42.7 Å². The van der Waals surface area contributed by atoms with Crippen LogP contribution in [0.2, 0.25) is 0 Å². The fourth-order valence-corrected chi connectivity index (χ4v) is 3.31. The normalized spacial score (nSPS) is 14.7. The van der Waals surface area contributed by atoms with Crippen molar-refractivity contribution in [1.82, 2.24) is 15.2 Å². The Morgan fingerprint density at radius 2 is 1.93 bits per heavy atom. The third kappa shape index (κ3) is 5.47. The van der Waals surface area contributed by atoms with Crippen molar-refractivity contribution in [3.63, 3.8) is 0 Å². The molecule has 1 aliphatic heterocycles. The Labute approximate surface area is 178 Å². The largest absolute Gasteiger partial charge is 0.506 e. The van der Waals surface area contributed by atoms with Crippen LogP contribution < -0.4 is 10.2 Å². The highest BCUT2D eigenvalue weighted by Crippen LogP contribution is 2.27. The number of phenols is 1. The quantitative estimate of drug-likeness (QED) is 0.400. The summed E-state index contributed by atoms with van der Waals surface area (Å²) in [7, 11) is 1.83. The number of aromatic nitrogens is 1. The van der Waals surface area contributed by atoms with Gasteiger partial charge < -0.3 is 20.2 Å². The number of guanidine groups is 1. The minimum absolute atomic E-state index is 0. The number of aryl methyl sites for hydroxylation is 1. The Balaban J connectivity index is 0.00000261. The number of nitrogens with one attached hydrogen (secondary N) is 1. The van der Waals surface area contributed by atoms with Gasteiger partial charge in [0, 0.05) is 52.2 Å². The molecule has 2 N–H and O–H groups in total. The molecule has 0 spiro atoms. The molecule has 1 aromatic heterocycles. The monoisotopic (exact) mass is 481 g/mol. The topological polar surface area (TPSA) is 64.0 Å². The van der Waals surface area contributed by atoms with E-state index in [9.17, 15) is 5.11 Å².